The van der Waals surface area contributed by atoms with Gasteiger partial charge in [-0.05, 0) is 38.4 Å². The van der Waals surface area contributed by atoms with Crippen LogP contribution in [0.2, 0.25) is 5.28 Å². The van der Waals surface area contributed by atoms with Crippen molar-refractivity contribution in [2.45, 2.75) is 20.8 Å². The quantitative estimate of drug-likeness (QED) is 0.646. The highest BCUT2D eigenvalue weighted by Crippen LogP contribution is 2.32. The number of anilines is 2. The fourth-order valence-corrected chi connectivity index (χ4v) is 3.70. The van der Waals surface area contributed by atoms with Gasteiger partial charge in [0.25, 0.3) is 0 Å². The third-order valence-corrected chi connectivity index (χ3v) is 6.55. The molecule has 2 aromatic rings. The molecule has 24 heavy (non-hydrogen) atoms. The smallest absolute Gasteiger partial charge is 0.301 e. The van der Waals surface area contributed by atoms with Crippen LogP contribution in [0.15, 0.2) is 24.4 Å². The molecule has 1 N–H and O–H groups in total. The van der Waals surface area contributed by atoms with Crippen LogP contribution in [0.3, 0.4) is 0 Å². The third-order valence-electron chi connectivity index (χ3n) is 4.05. The lowest BCUT2D eigenvalue weighted by Gasteiger charge is -2.29. The lowest BCUT2D eigenvalue weighted by molar-refractivity contribution is 0.512. The van der Waals surface area contributed by atoms with Gasteiger partial charge >= 0.3 is 10.0 Å². The Balaban J connectivity index is 2.48. The zero-order valence-electron chi connectivity index (χ0n) is 14.5. The number of aromatic nitrogens is 2. The molecule has 1 aromatic carbocycles. The van der Waals surface area contributed by atoms with Crippen molar-refractivity contribution < 1.29 is 8.42 Å². The molecule has 130 valence electrons. The van der Waals surface area contributed by atoms with Gasteiger partial charge in [0.1, 0.15) is 5.82 Å². The number of sulfonamides is 1. The molecule has 0 saturated heterocycles. The van der Waals surface area contributed by atoms with Gasteiger partial charge in [0, 0.05) is 29.1 Å². The van der Waals surface area contributed by atoms with Crippen LogP contribution in [0.25, 0.3) is 0 Å². The maximum atomic E-state index is 12.5. The molecular weight excluding hydrogens is 348 g/mol. The highest BCUT2D eigenvalue weighted by Gasteiger charge is 2.35. The average molecular weight is 370 g/mol. The normalized spacial score (nSPS) is 12.2. The van der Waals surface area contributed by atoms with E-state index < -0.39 is 10.0 Å². The Hall–Kier alpha value is -1.70. The topological polar surface area (TPSA) is 72.0 Å². The van der Waals surface area contributed by atoms with E-state index in [9.17, 15) is 8.42 Å². The minimum Gasteiger partial charge on any atom is -0.340 e. The Kier molecular flexibility index (Phi) is 5.17. The Morgan fingerprint density at radius 1 is 1.21 bits per heavy atom. The van der Waals surface area contributed by atoms with Crippen LogP contribution >= 0.6 is 11.6 Å². The zero-order chi connectivity index (χ0) is 18.1. The molecule has 0 bridgehead atoms. The van der Waals surface area contributed by atoms with Crippen LogP contribution in [0, 0.1) is 13.8 Å². The van der Waals surface area contributed by atoms with Gasteiger partial charge < -0.3 is 5.32 Å². The molecule has 6 nitrogen and oxygen atoms in total. The van der Waals surface area contributed by atoms with Crippen molar-refractivity contribution in [2.75, 3.05) is 25.2 Å². The number of hydrogen-bond acceptors (Lipinski definition) is 5. The van der Waals surface area contributed by atoms with Crippen molar-refractivity contribution in [1.29, 1.82) is 0 Å². The number of nitrogens with one attached hydrogen (secondary N) is 1. The monoisotopic (exact) mass is 369 g/mol. The molecule has 0 aliphatic carbocycles. The zero-order valence-corrected chi connectivity index (χ0v) is 16.0. The fourth-order valence-electron chi connectivity index (χ4n) is 2.42. The SMILES string of the molecule is CCS(=O)(=O)[N+](C)(C)c1cc(Nc2nc(Cl)ncc2C)ccc1C. The van der Waals surface area contributed by atoms with E-state index in [1.165, 1.54) is 0 Å². The summed E-state index contributed by atoms with van der Waals surface area (Å²) < 4.78 is 24.7. The van der Waals surface area contributed by atoms with E-state index in [4.69, 9.17) is 11.6 Å². The third kappa shape index (κ3) is 3.53. The van der Waals surface area contributed by atoms with Crippen molar-refractivity contribution >= 4 is 38.8 Å². The first kappa shape index (κ1) is 18.6. The molecular formula is C16H22ClN4O2S+. The summed E-state index contributed by atoms with van der Waals surface area (Å²) in [6.07, 6.45) is 1.63. The van der Waals surface area contributed by atoms with Crippen LogP contribution in [0.1, 0.15) is 18.1 Å². The largest absolute Gasteiger partial charge is 0.340 e. The van der Waals surface area contributed by atoms with Gasteiger partial charge in [-0.25, -0.2) is 9.97 Å². The summed E-state index contributed by atoms with van der Waals surface area (Å²) in [5.74, 6) is 0.658. The number of benzene rings is 1. The first-order valence-corrected chi connectivity index (χ1v) is 9.51. The first-order chi connectivity index (χ1) is 11.1. The van der Waals surface area contributed by atoms with Crippen molar-refractivity contribution in [3.05, 3.63) is 40.8 Å². The van der Waals surface area contributed by atoms with Crippen molar-refractivity contribution in [1.82, 2.24) is 13.9 Å². The number of quaternary nitrogens is 1. The van der Waals surface area contributed by atoms with E-state index in [2.05, 4.69) is 15.3 Å². The van der Waals surface area contributed by atoms with Crippen molar-refractivity contribution in [3.63, 3.8) is 0 Å². The summed E-state index contributed by atoms with van der Waals surface area (Å²) in [6.45, 7) is 5.42. The Bertz CT molecular complexity index is 866. The fraction of sp³-hybridized carbons (Fsp3) is 0.375. The van der Waals surface area contributed by atoms with E-state index >= 15 is 0 Å². The molecule has 8 heteroatoms. The van der Waals surface area contributed by atoms with Gasteiger partial charge in [-0.15, -0.1) is 0 Å². The second kappa shape index (κ2) is 6.66. The Labute approximate surface area is 148 Å². The molecule has 0 fully saturated rings. The number of halogens is 1. The van der Waals surface area contributed by atoms with Gasteiger partial charge in [-0.3, -0.25) is 0 Å². The van der Waals surface area contributed by atoms with E-state index in [0.717, 1.165) is 16.8 Å². The lowest BCUT2D eigenvalue weighted by atomic mass is 10.1. The summed E-state index contributed by atoms with van der Waals surface area (Å²) in [4.78, 5) is 8.09. The van der Waals surface area contributed by atoms with Crippen LogP contribution in [0.4, 0.5) is 17.2 Å². The highest BCUT2D eigenvalue weighted by molar-refractivity contribution is 7.90. The summed E-state index contributed by atoms with van der Waals surface area (Å²) in [5, 5.41) is 3.33. The Morgan fingerprint density at radius 3 is 2.50 bits per heavy atom. The van der Waals surface area contributed by atoms with Crippen LogP contribution in [-0.4, -0.2) is 38.2 Å². The first-order valence-electron chi connectivity index (χ1n) is 7.52. The highest BCUT2D eigenvalue weighted by atomic mass is 35.5. The number of hydrogen-bond donors (Lipinski definition) is 1. The minimum absolute atomic E-state index is 0.0672. The van der Waals surface area contributed by atoms with Gasteiger partial charge in [-0.2, -0.15) is 12.3 Å². The predicted molar refractivity (Wildman–Crippen MR) is 99.3 cm³/mol. The van der Waals surface area contributed by atoms with E-state index in [0.29, 0.717) is 11.5 Å². The maximum absolute atomic E-state index is 12.5. The molecule has 1 heterocycles. The van der Waals surface area contributed by atoms with Crippen molar-refractivity contribution in [3.8, 4) is 0 Å². The van der Waals surface area contributed by atoms with E-state index in [1.807, 2.05) is 32.0 Å². The van der Waals surface area contributed by atoms with E-state index in [1.54, 1.807) is 27.2 Å². The molecule has 0 amide bonds. The molecule has 0 aliphatic rings. The summed E-state index contributed by atoms with van der Waals surface area (Å²) in [7, 11) is 0.0419. The second-order valence-corrected chi connectivity index (χ2v) is 9.01. The van der Waals surface area contributed by atoms with Gasteiger partial charge in [-0.1, -0.05) is 6.07 Å². The Morgan fingerprint density at radius 2 is 1.88 bits per heavy atom. The summed E-state index contributed by atoms with van der Waals surface area (Å²) in [6, 6.07) is 5.60. The number of nitrogens with zero attached hydrogens (tertiary/aromatic N) is 3. The van der Waals surface area contributed by atoms with Gasteiger partial charge in [0.2, 0.25) is 5.28 Å². The molecule has 0 saturated carbocycles. The summed E-state index contributed by atoms with van der Waals surface area (Å²) in [5.41, 5.74) is 3.20. The second-order valence-electron chi connectivity index (χ2n) is 6.02. The molecule has 1 aromatic heterocycles. The van der Waals surface area contributed by atoms with Crippen LogP contribution in [0.5, 0.6) is 0 Å². The summed E-state index contributed by atoms with van der Waals surface area (Å²) >= 11 is 5.85. The van der Waals surface area contributed by atoms with Crippen LogP contribution in [-0.2, 0) is 10.0 Å². The lowest BCUT2D eigenvalue weighted by Crippen LogP contribution is -2.47. The predicted octanol–water partition coefficient (Wildman–Crippen LogP) is 3.41. The average Bonchev–Trinajstić information content (AvgIpc) is 2.52. The van der Waals surface area contributed by atoms with Gasteiger partial charge in [0.05, 0.1) is 19.8 Å². The standard InChI is InChI=1S/C16H22ClN4O2S/c1-6-24(22,23)21(4,5)14-9-13(8-7-11(14)2)19-15-12(3)10-18-16(17)20-15/h7-10H,6H2,1-5H3,(H,18,19,20)/q+1. The van der Waals surface area contributed by atoms with Crippen LogP contribution < -0.4 is 9.21 Å². The molecule has 2 rings (SSSR count). The molecule has 0 radical (unpaired) electrons. The minimum atomic E-state index is -3.31. The molecule has 0 unspecified atom stereocenters. The van der Waals surface area contributed by atoms with Crippen molar-refractivity contribution in [2.24, 2.45) is 0 Å². The van der Waals surface area contributed by atoms with Gasteiger partial charge in [0.15, 0.2) is 5.69 Å². The maximum Gasteiger partial charge on any atom is 0.301 e. The number of rotatable bonds is 5. The number of aryl methyl sites for hydroxylation is 2. The van der Waals surface area contributed by atoms with E-state index in [-0.39, 0.29) is 14.9 Å². The molecule has 0 spiro atoms. The molecule has 0 aliphatic heterocycles. The molecule has 0 atom stereocenters.